The van der Waals surface area contributed by atoms with Gasteiger partial charge in [-0.15, -0.1) is 0 Å². The molecule has 2 atom stereocenters. The minimum absolute atomic E-state index is 0.164. The summed E-state index contributed by atoms with van der Waals surface area (Å²) in [6.07, 6.45) is 6.53. The summed E-state index contributed by atoms with van der Waals surface area (Å²) in [4.78, 5) is 14.0. The summed E-state index contributed by atoms with van der Waals surface area (Å²) in [5.41, 5.74) is 9.14. The van der Waals surface area contributed by atoms with Crippen molar-refractivity contribution in [3.8, 4) is 0 Å². The zero-order valence-corrected chi connectivity index (χ0v) is 16.2. The van der Waals surface area contributed by atoms with E-state index >= 15 is 0 Å². The quantitative estimate of drug-likeness (QED) is 0.512. The number of Topliss-reactive ketones (excluding diaryl/α,β-unsaturated/α-hetero) is 1. The zero-order chi connectivity index (χ0) is 19.4. The third-order valence-corrected chi connectivity index (χ3v) is 6.86. The van der Waals surface area contributed by atoms with Crippen molar-refractivity contribution in [1.29, 1.82) is 0 Å². The Kier molecular flexibility index (Phi) is 3.70. The SMILES string of the molecule is O=C1C(c2ccccc2)C2=CCc3cccc4c3C2C(=CC4)C1c1ccccc1. The van der Waals surface area contributed by atoms with Gasteiger partial charge in [0.2, 0.25) is 0 Å². The maximum absolute atomic E-state index is 14.0. The Bertz CT molecular complexity index is 1080. The Morgan fingerprint density at radius 1 is 0.552 bits per heavy atom. The molecule has 1 nitrogen and oxygen atoms in total. The first-order valence-electron chi connectivity index (χ1n) is 10.5. The fourth-order valence-corrected chi connectivity index (χ4v) is 5.68. The fourth-order valence-electron chi connectivity index (χ4n) is 5.68. The van der Waals surface area contributed by atoms with Gasteiger partial charge in [0.1, 0.15) is 0 Å². The lowest BCUT2D eigenvalue weighted by Crippen LogP contribution is -2.37. The molecule has 6 rings (SSSR count). The molecule has 2 unspecified atom stereocenters. The minimum Gasteiger partial charge on any atom is -0.298 e. The molecule has 3 aliphatic rings. The van der Waals surface area contributed by atoms with Gasteiger partial charge < -0.3 is 0 Å². The highest BCUT2D eigenvalue weighted by molar-refractivity contribution is 6.00. The third-order valence-electron chi connectivity index (χ3n) is 6.86. The van der Waals surface area contributed by atoms with Crippen LogP contribution < -0.4 is 0 Å². The average molecular weight is 374 g/mol. The second-order valence-electron chi connectivity index (χ2n) is 8.33. The van der Waals surface area contributed by atoms with Gasteiger partial charge in [-0.2, -0.15) is 0 Å². The number of hydrogen-bond acceptors (Lipinski definition) is 1. The molecule has 0 amide bonds. The molecule has 3 aromatic rings. The average Bonchev–Trinajstić information content (AvgIpc) is 2.78. The third kappa shape index (κ3) is 2.43. The lowest BCUT2D eigenvalue weighted by atomic mass is 9.57. The molecule has 0 aliphatic heterocycles. The Morgan fingerprint density at radius 3 is 1.52 bits per heavy atom. The molecule has 0 bridgehead atoms. The molecular weight excluding hydrogens is 352 g/mol. The molecule has 0 heterocycles. The van der Waals surface area contributed by atoms with Crippen molar-refractivity contribution in [2.75, 3.05) is 0 Å². The van der Waals surface area contributed by atoms with Gasteiger partial charge in [-0.25, -0.2) is 0 Å². The molecule has 0 radical (unpaired) electrons. The smallest absolute Gasteiger partial charge is 0.155 e. The first-order valence-corrected chi connectivity index (χ1v) is 10.5. The maximum atomic E-state index is 14.0. The summed E-state index contributed by atoms with van der Waals surface area (Å²) in [6, 6.07) is 27.4. The highest BCUT2D eigenvalue weighted by atomic mass is 16.1. The van der Waals surface area contributed by atoms with Crippen LogP contribution in [0.3, 0.4) is 0 Å². The van der Waals surface area contributed by atoms with Crippen LogP contribution in [0.4, 0.5) is 0 Å². The first kappa shape index (κ1) is 16.7. The van der Waals surface area contributed by atoms with E-state index < -0.39 is 0 Å². The predicted octanol–water partition coefficient (Wildman–Crippen LogP) is 5.89. The van der Waals surface area contributed by atoms with Crippen molar-refractivity contribution in [1.82, 2.24) is 0 Å². The number of hydrogen-bond donors (Lipinski definition) is 0. The summed E-state index contributed by atoms with van der Waals surface area (Å²) < 4.78 is 0. The molecule has 0 N–H and O–H groups in total. The van der Waals surface area contributed by atoms with Gasteiger partial charge in [0, 0.05) is 5.92 Å². The van der Waals surface area contributed by atoms with E-state index in [9.17, 15) is 4.79 Å². The normalized spacial score (nSPS) is 24.4. The van der Waals surface area contributed by atoms with E-state index in [1.165, 1.54) is 27.8 Å². The second-order valence-corrected chi connectivity index (χ2v) is 8.33. The fraction of sp³-hybridized carbons (Fsp3) is 0.179. The van der Waals surface area contributed by atoms with Crippen molar-refractivity contribution in [3.63, 3.8) is 0 Å². The number of allylic oxidation sites excluding steroid dienone is 4. The molecule has 1 heteroatoms. The van der Waals surface area contributed by atoms with Crippen LogP contribution in [0.15, 0.2) is 102 Å². The topological polar surface area (TPSA) is 17.1 Å². The van der Waals surface area contributed by atoms with Crippen molar-refractivity contribution < 1.29 is 4.79 Å². The molecule has 3 aromatic carbocycles. The first-order chi connectivity index (χ1) is 14.3. The largest absolute Gasteiger partial charge is 0.298 e. The number of carbonyl (C=O) groups excluding carboxylic acids is 1. The van der Waals surface area contributed by atoms with Gasteiger partial charge in [-0.3, -0.25) is 4.79 Å². The second kappa shape index (κ2) is 6.42. The maximum Gasteiger partial charge on any atom is 0.155 e. The summed E-state index contributed by atoms with van der Waals surface area (Å²) in [6.45, 7) is 0. The van der Waals surface area contributed by atoms with Gasteiger partial charge in [-0.05, 0) is 51.8 Å². The Hall–Kier alpha value is -3.19. The van der Waals surface area contributed by atoms with Gasteiger partial charge in [0.15, 0.2) is 5.78 Å². The monoisotopic (exact) mass is 374 g/mol. The molecule has 0 spiro atoms. The van der Waals surface area contributed by atoms with Gasteiger partial charge >= 0.3 is 0 Å². The van der Waals surface area contributed by atoms with Crippen LogP contribution in [0.5, 0.6) is 0 Å². The zero-order valence-electron chi connectivity index (χ0n) is 16.2. The standard InChI is InChI=1S/C28H22O/c29-28-25(18-8-3-1-4-9-18)22-16-14-20-12-7-13-21-15-17-23(27(22)24(20)21)26(28)19-10-5-2-6-11-19/h1-13,16-17,25-27H,14-15H2. The van der Waals surface area contributed by atoms with Gasteiger partial charge in [0.25, 0.3) is 0 Å². The van der Waals surface area contributed by atoms with E-state index in [0.717, 1.165) is 24.0 Å². The van der Waals surface area contributed by atoms with Crippen LogP contribution in [0, 0.1) is 0 Å². The van der Waals surface area contributed by atoms with Crippen molar-refractivity contribution in [2.45, 2.75) is 30.6 Å². The molecule has 0 aromatic heterocycles. The van der Waals surface area contributed by atoms with Crippen molar-refractivity contribution in [3.05, 3.63) is 130 Å². The molecule has 3 aliphatic carbocycles. The summed E-state index contributed by atoms with van der Waals surface area (Å²) in [7, 11) is 0. The van der Waals surface area contributed by atoms with Crippen LogP contribution >= 0.6 is 0 Å². The van der Waals surface area contributed by atoms with E-state index in [-0.39, 0.29) is 17.8 Å². The Labute approximate surface area is 171 Å². The molecule has 1 fully saturated rings. The highest BCUT2D eigenvalue weighted by Gasteiger charge is 2.47. The number of rotatable bonds is 2. The summed E-state index contributed by atoms with van der Waals surface area (Å²) in [5, 5.41) is 0. The lowest BCUT2D eigenvalue weighted by Gasteiger charge is -2.44. The van der Waals surface area contributed by atoms with Gasteiger partial charge in [-0.1, -0.05) is 91.0 Å². The lowest BCUT2D eigenvalue weighted by molar-refractivity contribution is -0.121. The molecule has 29 heavy (non-hydrogen) atoms. The van der Waals surface area contributed by atoms with Crippen molar-refractivity contribution in [2.24, 2.45) is 0 Å². The molecular formula is C28H22O. The molecule has 0 saturated heterocycles. The Balaban J connectivity index is 1.61. The highest BCUT2D eigenvalue weighted by Crippen LogP contribution is 2.56. The minimum atomic E-state index is -0.164. The number of benzene rings is 3. The van der Waals surface area contributed by atoms with E-state index in [4.69, 9.17) is 0 Å². The van der Waals surface area contributed by atoms with E-state index in [0.29, 0.717) is 5.78 Å². The van der Waals surface area contributed by atoms with Crippen LogP contribution in [0.1, 0.15) is 45.6 Å². The van der Waals surface area contributed by atoms with Crippen LogP contribution in [-0.2, 0) is 17.6 Å². The number of carbonyl (C=O) groups is 1. The Morgan fingerprint density at radius 2 is 1.03 bits per heavy atom. The summed E-state index contributed by atoms with van der Waals surface area (Å²) in [5.74, 6) is 0.224. The molecule has 140 valence electrons. The van der Waals surface area contributed by atoms with Crippen LogP contribution in [0.25, 0.3) is 0 Å². The van der Waals surface area contributed by atoms with Crippen molar-refractivity contribution >= 4 is 5.78 Å². The van der Waals surface area contributed by atoms with Crippen LogP contribution in [-0.4, -0.2) is 5.78 Å². The van der Waals surface area contributed by atoms with Gasteiger partial charge in [0.05, 0.1) is 11.8 Å². The van der Waals surface area contributed by atoms with Crippen LogP contribution in [0.2, 0.25) is 0 Å². The number of ketones is 1. The molecule has 1 saturated carbocycles. The predicted molar refractivity (Wildman–Crippen MR) is 116 cm³/mol. The van der Waals surface area contributed by atoms with E-state index in [1.54, 1.807) is 0 Å². The summed E-state index contributed by atoms with van der Waals surface area (Å²) >= 11 is 0. The van der Waals surface area contributed by atoms with E-state index in [1.807, 2.05) is 12.1 Å². The van der Waals surface area contributed by atoms with E-state index in [2.05, 4.69) is 78.9 Å².